The van der Waals surface area contributed by atoms with Gasteiger partial charge < -0.3 is 14.5 Å². The zero-order valence-corrected chi connectivity index (χ0v) is 10.8. The number of methoxy groups -OCH3 is 2. The lowest BCUT2D eigenvalue weighted by atomic mass is 10.2. The van der Waals surface area contributed by atoms with Crippen molar-refractivity contribution in [2.24, 2.45) is 0 Å². The third-order valence-electron chi connectivity index (χ3n) is 2.51. The number of nitrogens with one attached hydrogen (secondary N) is 1. The first-order valence-corrected chi connectivity index (χ1v) is 5.78. The first-order valence-electron chi connectivity index (χ1n) is 5.78. The summed E-state index contributed by atoms with van der Waals surface area (Å²) in [7, 11) is 3.13. The minimum Gasteiger partial charge on any atom is -0.481 e. The molecule has 0 saturated heterocycles. The second-order valence-electron chi connectivity index (χ2n) is 4.00. The van der Waals surface area contributed by atoms with E-state index in [1.54, 1.807) is 26.5 Å². The average molecular weight is 261 g/mol. The monoisotopic (exact) mass is 261 g/mol. The summed E-state index contributed by atoms with van der Waals surface area (Å²) in [6, 6.07) is 5.08. The summed E-state index contributed by atoms with van der Waals surface area (Å²) in [6.07, 6.45) is 2.20. The van der Waals surface area contributed by atoms with E-state index >= 15 is 0 Å². The number of aromatic amines is 1. The van der Waals surface area contributed by atoms with Crippen LogP contribution in [0.15, 0.2) is 29.2 Å². The third-order valence-corrected chi connectivity index (χ3v) is 2.51. The smallest absolute Gasteiger partial charge is 0.251 e. The second kappa shape index (κ2) is 6.10. The van der Waals surface area contributed by atoms with E-state index in [1.165, 1.54) is 6.07 Å². The Morgan fingerprint density at radius 2 is 2.16 bits per heavy atom. The molecule has 0 unspecified atom stereocenters. The van der Waals surface area contributed by atoms with Crippen LogP contribution in [0.5, 0.6) is 5.88 Å². The van der Waals surface area contributed by atoms with E-state index in [0.717, 1.165) is 5.56 Å². The molecule has 19 heavy (non-hydrogen) atoms. The fourth-order valence-electron chi connectivity index (χ4n) is 1.70. The van der Waals surface area contributed by atoms with Crippen molar-refractivity contribution in [1.82, 2.24) is 15.0 Å². The highest BCUT2D eigenvalue weighted by molar-refractivity contribution is 5.21. The molecule has 2 aromatic heterocycles. The van der Waals surface area contributed by atoms with Gasteiger partial charge in [-0.2, -0.15) is 0 Å². The molecule has 0 fully saturated rings. The molecule has 0 aliphatic rings. The van der Waals surface area contributed by atoms with Gasteiger partial charge in [-0.25, -0.2) is 9.97 Å². The number of rotatable bonds is 5. The molecule has 2 heterocycles. The van der Waals surface area contributed by atoms with Gasteiger partial charge in [0.1, 0.15) is 5.82 Å². The lowest BCUT2D eigenvalue weighted by Gasteiger charge is -2.04. The molecule has 2 rings (SSSR count). The quantitative estimate of drug-likeness (QED) is 0.865. The van der Waals surface area contributed by atoms with Crippen LogP contribution in [-0.4, -0.2) is 29.2 Å². The molecule has 0 bridgehead atoms. The van der Waals surface area contributed by atoms with Gasteiger partial charge in [0.15, 0.2) is 0 Å². The van der Waals surface area contributed by atoms with Gasteiger partial charge in [0, 0.05) is 31.9 Å². The van der Waals surface area contributed by atoms with Gasteiger partial charge in [0.2, 0.25) is 5.88 Å². The molecular weight excluding hydrogens is 246 g/mol. The van der Waals surface area contributed by atoms with Gasteiger partial charge in [-0.05, 0) is 5.56 Å². The zero-order valence-electron chi connectivity index (χ0n) is 10.8. The number of hydrogen-bond donors (Lipinski definition) is 1. The van der Waals surface area contributed by atoms with E-state index < -0.39 is 0 Å². The minimum absolute atomic E-state index is 0.182. The van der Waals surface area contributed by atoms with Gasteiger partial charge >= 0.3 is 0 Å². The van der Waals surface area contributed by atoms with Gasteiger partial charge in [-0.15, -0.1) is 0 Å². The Bertz CT molecular complexity index is 593. The van der Waals surface area contributed by atoms with Crippen LogP contribution >= 0.6 is 0 Å². The number of nitrogens with zero attached hydrogens (tertiary/aromatic N) is 2. The van der Waals surface area contributed by atoms with Gasteiger partial charge in [-0.1, -0.05) is 6.07 Å². The molecule has 1 N–H and O–H groups in total. The third kappa shape index (κ3) is 3.62. The molecule has 0 radical (unpaired) electrons. The number of H-pyrrole nitrogens is 1. The Balaban J connectivity index is 2.19. The van der Waals surface area contributed by atoms with Crippen molar-refractivity contribution < 1.29 is 9.47 Å². The van der Waals surface area contributed by atoms with Crippen LogP contribution in [0.1, 0.15) is 17.1 Å². The van der Waals surface area contributed by atoms with Crippen LogP contribution in [0.4, 0.5) is 0 Å². The number of ether oxygens (including phenoxy) is 2. The van der Waals surface area contributed by atoms with E-state index in [9.17, 15) is 4.79 Å². The maximum Gasteiger partial charge on any atom is 0.251 e. The van der Waals surface area contributed by atoms with Crippen molar-refractivity contribution in [2.45, 2.75) is 13.0 Å². The highest BCUT2D eigenvalue weighted by Crippen LogP contribution is 2.09. The fraction of sp³-hybridized carbons (Fsp3) is 0.308. The van der Waals surface area contributed by atoms with E-state index in [4.69, 9.17) is 9.47 Å². The van der Waals surface area contributed by atoms with Crippen molar-refractivity contribution in [1.29, 1.82) is 0 Å². The topological polar surface area (TPSA) is 77.1 Å². The highest BCUT2D eigenvalue weighted by Gasteiger charge is 2.03. The summed E-state index contributed by atoms with van der Waals surface area (Å²) in [4.78, 5) is 22.6. The molecule has 0 saturated carbocycles. The number of aromatic nitrogens is 3. The van der Waals surface area contributed by atoms with E-state index in [0.29, 0.717) is 30.4 Å². The maximum absolute atomic E-state index is 11.5. The lowest BCUT2D eigenvalue weighted by Crippen LogP contribution is -2.13. The molecular formula is C13H15N3O3. The molecule has 6 heteroatoms. The Morgan fingerprint density at radius 1 is 1.32 bits per heavy atom. The summed E-state index contributed by atoms with van der Waals surface area (Å²) in [5.41, 5.74) is 1.37. The van der Waals surface area contributed by atoms with Crippen LogP contribution in [0.2, 0.25) is 0 Å². The summed E-state index contributed by atoms with van der Waals surface area (Å²) >= 11 is 0. The Morgan fingerprint density at radius 3 is 2.79 bits per heavy atom. The number of hydrogen-bond acceptors (Lipinski definition) is 5. The molecule has 100 valence electrons. The normalized spacial score (nSPS) is 10.4. The van der Waals surface area contributed by atoms with Gasteiger partial charge in [0.05, 0.1) is 19.4 Å². The molecule has 0 atom stereocenters. The van der Waals surface area contributed by atoms with E-state index in [-0.39, 0.29) is 5.56 Å². The van der Waals surface area contributed by atoms with Crippen LogP contribution < -0.4 is 10.3 Å². The molecule has 0 amide bonds. The molecule has 0 aliphatic heterocycles. The van der Waals surface area contributed by atoms with Crippen molar-refractivity contribution in [2.75, 3.05) is 14.2 Å². The maximum atomic E-state index is 11.5. The second-order valence-corrected chi connectivity index (χ2v) is 4.00. The molecule has 6 nitrogen and oxygen atoms in total. The molecule has 0 aromatic carbocycles. The van der Waals surface area contributed by atoms with Crippen LogP contribution in [0.3, 0.4) is 0 Å². The van der Waals surface area contributed by atoms with Crippen molar-refractivity contribution >= 4 is 0 Å². The van der Waals surface area contributed by atoms with Crippen LogP contribution in [0.25, 0.3) is 0 Å². The van der Waals surface area contributed by atoms with E-state index in [1.807, 2.05) is 6.07 Å². The Labute approximate surface area is 110 Å². The first-order chi connectivity index (χ1) is 9.21. The van der Waals surface area contributed by atoms with E-state index in [2.05, 4.69) is 15.0 Å². The van der Waals surface area contributed by atoms with Crippen molar-refractivity contribution in [3.63, 3.8) is 0 Å². The molecule has 2 aromatic rings. The largest absolute Gasteiger partial charge is 0.481 e. The van der Waals surface area contributed by atoms with Crippen LogP contribution in [0, 0.1) is 0 Å². The van der Waals surface area contributed by atoms with Crippen molar-refractivity contribution in [3.8, 4) is 5.88 Å². The van der Waals surface area contributed by atoms with Crippen molar-refractivity contribution in [3.05, 3.63) is 51.8 Å². The SMILES string of the molecule is COCc1cc(=O)[nH]c(Cc2ccc(OC)nc2)n1. The Hall–Kier alpha value is -2.21. The van der Waals surface area contributed by atoms with Gasteiger partial charge in [-0.3, -0.25) is 4.79 Å². The van der Waals surface area contributed by atoms with Gasteiger partial charge in [0.25, 0.3) is 5.56 Å². The first kappa shape index (κ1) is 13.2. The Kier molecular flexibility index (Phi) is 4.25. The highest BCUT2D eigenvalue weighted by atomic mass is 16.5. The summed E-state index contributed by atoms with van der Waals surface area (Å²) in [6.45, 7) is 0.317. The molecule has 0 spiro atoms. The fourth-order valence-corrected chi connectivity index (χ4v) is 1.70. The zero-order chi connectivity index (χ0) is 13.7. The molecule has 0 aliphatic carbocycles. The van der Waals surface area contributed by atoms with Crippen LogP contribution in [-0.2, 0) is 17.8 Å². The summed E-state index contributed by atoms with van der Waals surface area (Å²) in [5, 5.41) is 0. The number of pyridine rings is 1. The summed E-state index contributed by atoms with van der Waals surface area (Å²) < 4.78 is 9.96. The lowest BCUT2D eigenvalue weighted by molar-refractivity contribution is 0.181. The average Bonchev–Trinajstić information content (AvgIpc) is 2.39. The minimum atomic E-state index is -0.182. The predicted octanol–water partition coefficient (Wildman–Crippen LogP) is 0.911. The predicted molar refractivity (Wildman–Crippen MR) is 69.2 cm³/mol. The standard InChI is InChI=1S/C13H15N3O3/c1-18-8-10-6-12(17)16-11(15-10)5-9-3-4-13(19-2)14-7-9/h3-4,6-7H,5,8H2,1-2H3,(H,15,16,17). The summed E-state index contributed by atoms with van der Waals surface area (Å²) in [5.74, 6) is 1.14.